The third kappa shape index (κ3) is 3.80. The Morgan fingerprint density at radius 2 is 1.97 bits per heavy atom. The lowest BCUT2D eigenvalue weighted by Crippen LogP contribution is -2.53. The summed E-state index contributed by atoms with van der Waals surface area (Å²) in [7, 11) is 0. The second-order valence-corrected chi connectivity index (χ2v) is 10.4. The number of hydrogen-bond donors (Lipinski definition) is 3. The molecule has 0 spiro atoms. The van der Waals surface area contributed by atoms with E-state index in [1.165, 1.54) is 6.07 Å². The van der Waals surface area contributed by atoms with Crippen molar-refractivity contribution in [2.75, 3.05) is 5.32 Å². The minimum absolute atomic E-state index is 0.111. The predicted molar refractivity (Wildman–Crippen MR) is 130 cm³/mol. The highest BCUT2D eigenvalue weighted by Crippen LogP contribution is 2.46. The van der Waals surface area contributed by atoms with Gasteiger partial charge in [-0.3, -0.25) is 0 Å². The van der Waals surface area contributed by atoms with E-state index in [-0.39, 0.29) is 11.6 Å². The van der Waals surface area contributed by atoms with Crippen LogP contribution in [0.15, 0.2) is 30.5 Å². The maximum absolute atomic E-state index is 16.1. The van der Waals surface area contributed by atoms with Gasteiger partial charge in [-0.25, -0.2) is 13.6 Å². The molecule has 1 amide bonds. The number of anilines is 1. The van der Waals surface area contributed by atoms with Crippen LogP contribution in [0.4, 0.5) is 19.3 Å². The zero-order valence-corrected chi connectivity index (χ0v) is 20.2. The second kappa shape index (κ2) is 8.45. The number of para-hydroxylation sites is 1. The molecule has 8 heteroatoms. The van der Waals surface area contributed by atoms with Gasteiger partial charge in [-0.2, -0.15) is 0 Å². The van der Waals surface area contributed by atoms with Crippen LogP contribution in [-0.4, -0.2) is 28.8 Å². The van der Waals surface area contributed by atoms with Crippen LogP contribution in [0.5, 0.6) is 0 Å². The van der Waals surface area contributed by atoms with Crippen LogP contribution in [-0.2, 0) is 4.74 Å². The zero-order chi connectivity index (χ0) is 24.2. The summed E-state index contributed by atoms with van der Waals surface area (Å²) < 4.78 is 37.3. The van der Waals surface area contributed by atoms with E-state index in [1.54, 1.807) is 24.4 Å². The molecule has 1 fully saturated rings. The minimum atomic E-state index is -0.729. The fraction of sp³-hybridized carbons (Fsp3) is 0.423. The fourth-order valence-electron chi connectivity index (χ4n) is 5.59. The first-order valence-corrected chi connectivity index (χ1v) is 12.1. The number of amides is 1. The SMILES string of the molecule is C[C@@H]1c2c(cc(F)c(-c3cccc4c(Cl)c[nH]c34)c2F)NC(C)(C)[C@H]1OC(=O)NC1CCCC1. The Bertz CT molecular complexity index is 1270. The van der Waals surface area contributed by atoms with Gasteiger partial charge in [-0.1, -0.05) is 49.6 Å². The quantitative estimate of drug-likeness (QED) is 0.368. The number of halogens is 3. The highest BCUT2D eigenvalue weighted by molar-refractivity contribution is 6.36. The van der Waals surface area contributed by atoms with E-state index < -0.39 is 35.3 Å². The number of H-pyrrole nitrogens is 1. The molecule has 1 aliphatic heterocycles. The summed E-state index contributed by atoms with van der Waals surface area (Å²) in [6.07, 6.45) is 4.48. The van der Waals surface area contributed by atoms with Gasteiger partial charge in [-0.05, 0) is 32.8 Å². The van der Waals surface area contributed by atoms with E-state index in [0.717, 1.165) is 25.7 Å². The van der Waals surface area contributed by atoms with Crippen LogP contribution < -0.4 is 10.6 Å². The van der Waals surface area contributed by atoms with Gasteiger partial charge < -0.3 is 20.4 Å². The molecule has 2 aliphatic rings. The Balaban J connectivity index is 1.54. The molecule has 1 saturated carbocycles. The molecule has 34 heavy (non-hydrogen) atoms. The van der Waals surface area contributed by atoms with Gasteiger partial charge in [0.1, 0.15) is 17.7 Å². The molecule has 1 aliphatic carbocycles. The van der Waals surface area contributed by atoms with Crippen molar-refractivity contribution >= 4 is 34.3 Å². The number of carbonyl (C=O) groups is 1. The molecule has 2 aromatic carbocycles. The topological polar surface area (TPSA) is 66.1 Å². The molecule has 2 heterocycles. The van der Waals surface area contributed by atoms with E-state index in [2.05, 4.69) is 15.6 Å². The number of fused-ring (bicyclic) bond motifs is 2. The number of benzene rings is 2. The van der Waals surface area contributed by atoms with Crippen molar-refractivity contribution < 1.29 is 18.3 Å². The Kier molecular flexibility index (Phi) is 5.71. The molecule has 5 nitrogen and oxygen atoms in total. The summed E-state index contributed by atoms with van der Waals surface area (Å²) in [4.78, 5) is 15.7. The minimum Gasteiger partial charge on any atom is -0.443 e. The summed E-state index contributed by atoms with van der Waals surface area (Å²) >= 11 is 6.23. The van der Waals surface area contributed by atoms with Crippen LogP contribution in [0, 0.1) is 11.6 Å². The number of aromatic nitrogens is 1. The molecule has 0 saturated heterocycles. The van der Waals surface area contributed by atoms with E-state index in [4.69, 9.17) is 16.3 Å². The largest absolute Gasteiger partial charge is 0.443 e. The first kappa shape index (κ1) is 23.0. The van der Waals surface area contributed by atoms with E-state index in [0.29, 0.717) is 32.7 Å². The van der Waals surface area contributed by atoms with Gasteiger partial charge in [0.25, 0.3) is 0 Å². The van der Waals surface area contributed by atoms with Gasteiger partial charge in [0.15, 0.2) is 0 Å². The molecule has 3 N–H and O–H groups in total. The number of alkyl carbamates (subject to hydrolysis) is 1. The number of ether oxygens (including phenoxy) is 1. The molecular weight excluding hydrogens is 460 g/mol. The molecule has 5 rings (SSSR count). The zero-order valence-electron chi connectivity index (χ0n) is 19.4. The smallest absolute Gasteiger partial charge is 0.407 e. The van der Waals surface area contributed by atoms with Crippen molar-refractivity contribution in [3.8, 4) is 11.1 Å². The van der Waals surface area contributed by atoms with Gasteiger partial charge in [0, 0.05) is 40.4 Å². The van der Waals surface area contributed by atoms with Gasteiger partial charge in [0.2, 0.25) is 0 Å². The average molecular weight is 488 g/mol. The normalized spacial score (nSPS) is 21.8. The monoisotopic (exact) mass is 487 g/mol. The molecule has 3 aromatic rings. The number of nitrogens with one attached hydrogen (secondary N) is 3. The third-order valence-corrected chi connectivity index (χ3v) is 7.49. The van der Waals surface area contributed by atoms with Crippen LogP contribution >= 0.6 is 11.6 Å². The Labute approximate surface area is 202 Å². The summed E-state index contributed by atoms with van der Waals surface area (Å²) in [5.41, 5.74) is 0.743. The first-order chi connectivity index (χ1) is 16.2. The highest BCUT2D eigenvalue weighted by Gasteiger charge is 2.45. The van der Waals surface area contributed by atoms with Crippen molar-refractivity contribution in [1.82, 2.24) is 10.3 Å². The highest BCUT2D eigenvalue weighted by atomic mass is 35.5. The van der Waals surface area contributed by atoms with Crippen LogP contribution in [0.2, 0.25) is 5.02 Å². The number of hydrogen-bond acceptors (Lipinski definition) is 3. The van der Waals surface area contributed by atoms with Gasteiger partial charge in [-0.15, -0.1) is 0 Å². The Morgan fingerprint density at radius 1 is 1.24 bits per heavy atom. The number of aromatic amines is 1. The molecule has 0 unspecified atom stereocenters. The van der Waals surface area contributed by atoms with Crippen LogP contribution in [0.25, 0.3) is 22.0 Å². The van der Waals surface area contributed by atoms with Gasteiger partial charge >= 0.3 is 6.09 Å². The van der Waals surface area contributed by atoms with Crippen LogP contribution in [0.3, 0.4) is 0 Å². The second-order valence-electron chi connectivity index (χ2n) is 9.96. The van der Waals surface area contributed by atoms with Crippen molar-refractivity contribution in [2.24, 2.45) is 0 Å². The lowest BCUT2D eigenvalue weighted by atomic mass is 9.77. The molecule has 2 atom stereocenters. The lowest BCUT2D eigenvalue weighted by Gasteiger charge is -2.44. The molecule has 0 bridgehead atoms. The average Bonchev–Trinajstić information content (AvgIpc) is 3.41. The maximum atomic E-state index is 16.1. The maximum Gasteiger partial charge on any atom is 0.407 e. The number of rotatable bonds is 3. The van der Waals surface area contributed by atoms with Crippen molar-refractivity contribution in [3.05, 3.63) is 52.7 Å². The lowest BCUT2D eigenvalue weighted by molar-refractivity contribution is 0.0448. The summed E-state index contributed by atoms with van der Waals surface area (Å²) in [6, 6.07) is 6.62. The van der Waals surface area contributed by atoms with Crippen molar-refractivity contribution in [3.63, 3.8) is 0 Å². The Hall–Kier alpha value is -2.80. The molecular formula is C26H28ClF2N3O2. The van der Waals surface area contributed by atoms with Crippen molar-refractivity contribution in [1.29, 1.82) is 0 Å². The van der Waals surface area contributed by atoms with E-state index in [9.17, 15) is 4.79 Å². The van der Waals surface area contributed by atoms with E-state index >= 15 is 8.78 Å². The van der Waals surface area contributed by atoms with Crippen LogP contribution in [0.1, 0.15) is 57.9 Å². The standard InChI is InChI=1S/C26H28ClF2N3O2/c1-13-20-19(32-26(2,3)24(13)34-25(33)31-14-7-4-5-8-14)11-18(28)21(22(20)29)16-10-6-9-15-17(27)12-30-23(15)16/h6,9-14,24,30,32H,4-5,7-8H2,1-3H3,(H,31,33)/t13-,24+/m1/s1. The van der Waals surface area contributed by atoms with E-state index in [1.807, 2.05) is 20.8 Å². The first-order valence-electron chi connectivity index (χ1n) is 11.7. The molecule has 0 radical (unpaired) electrons. The van der Waals surface area contributed by atoms with Gasteiger partial charge in [0.05, 0.1) is 21.6 Å². The number of carbonyl (C=O) groups excluding carboxylic acids is 1. The molecule has 1 aromatic heterocycles. The summed E-state index contributed by atoms with van der Waals surface area (Å²) in [5.74, 6) is -1.86. The summed E-state index contributed by atoms with van der Waals surface area (Å²) in [6.45, 7) is 5.54. The third-order valence-electron chi connectivity index (χ3n) is 7.18. The Morgan fingerprint density at radius 3 is 2.71 bits per heavy atom. The summed E-state index contributed by atoms with van der Waals surface area (Å²) in [5, 5.41) is 7.30. The van der Waals surface area contributed by atoms with Crippen molar-refractivity contribution in [2.45, 2.75) is 70.1 Å². The molecule has 180 valence electrons. The fourth-order valence-corrected chi connectivity index (χ4v) is 5.80. The predicted octanol–water partition coefficient (Wildman–Crippen LogP) is 7.11.